The minimum atomic E-state index is -0.198. The Balaban J connectivity index is 0.00000341. The van der Waals surface area contributed by atoms with Gasteiger partial charge in [0.2, 0.25) is 5.91 Å². The molecule has 0 bridgehead atoms. The van der Waals surface area contributed by atoms with Crippen LogP contribution in [-0.4, -0.2) is 17.6 Å². The third kappa shape index (κ3) is 6.69. The molecule has 0 fully saturated rings. The van der Waals surface area contributed by atoms with Crippen molar-refractivity contribution in [3.05, 3.63) is 101 Å². The fourth-order valence-corrected chi connectivity index (χ4v) is 3.05. The van der Waals surface area contributed by atoms with E-state index in [2.05, 4.69) is 10.6 Å². The summed E-state index contributed by atoms with van der Waals surface area (Å²) in [6.45, 7) is 2.16. The molecule has 7 heteroatoms. The first-order valence-electron chi connectivity index (χ1n) is 9.58. The van der Waals surface area contributed by atoms with Gasteiger partial charge in [-0.25, -0.2) is 0 Å². The lowest BCUT2D eigenvalue weighted by molar-refractivity contribution is -0.115. The highest BCUT2D eigenvalue weighted by Crippen LogP contribution is 2.19. The van der Waals surface area contributed by atoms with Crippen molar-refractivity contribution >= 4 is 35.7 Å². The first kappa shape index (κ1) is 23.6. The van der Waals surface area contributed by atoms with E-state index in [1.54, 1.807) is 24.3 Å². The first-order chi connectivity index (χ1) is 14.4. The summed E-state index contributed by atoms with van der Waals surface area (Å²) in [4.78, 5) is 25.0. The average molecular weight is 437 g/mol. The summed E-state index contributed by atoms with van der Waals surface area (Å²) in [5.41, 5.74) is 9.82. The van der Waals surface area contributed by atoms with Crippen LogP contribution in [0.2, 0.25) is 0 Å². The van der Waals surface area contributed by atoms with E-state index in [0.29, 0.717) is 16.8 Å². The highest BCUT2D eigenvalue weighted by Gasteiger charge is 2.12. The highest BCUT2D eigenvalue weighted by molar-refractivity contribution is 5.99. The smallest absolute Gasteiger partial charge is 0.251 e. The Kier molecular flexibility index (Phi) is 8.34. The van der Waals surface area contributed by atoms with Gasteiger partial charge in [-0.3, -0.25) is 15.0 Å². The second-order valence-electron chi connectivity index (χ2n) is 7.05. The maximum absolute atomic E-state index is 12.5. The van der Waals surface area contributed by atoms with Gasteiger partial charge in [-0.05, 0) is 36.2 Å². The van der Waals surface area contributed by atoms with Crippen LogP contribution < -0.4 is 16.4 Å². The normalized spacial score (nSPS) is 9.97. The van der Waals surface area contributed by atoms with Gasteiger partial charge in [0.25, 0.3) is 5.91 Å². The van der Waals surface area contributed by atoms with Crippen LogP contribution >= 0.6 is 12.4 Å². The summed E-state index contributed by atoms with van der Waals surface area (Å²) >= 11 is 0. The van der Waals surface area contributed by atoms with Gasteiger partial charge in [0.15, 0.2) is 0 Å². The van der Waals surface area contributed by atoms with Gasteiger partial charge >= 0.3 is 0 Å². The van der Waals surface area contributed by atoms with Crippen LogP contribution in [-0.2, 0) is 17.8 Å². The Hall–Kier alpha value is -3.64. The van der Waals surface area contributed by atoms with Crippen LogP contribution in [0.4, 0.5) is 5.69 Å². The van der Waals surface area contributed by atoms with E-state index in [1.807, 2.05) is 55.5 Å². The van der Waals surface area contributed by atoms with E-state index < -0.39 is 0 Å². The third-order valence-corrected chi connectivity index (χ3v) is 4.62. The highest BCUT2D eigenvalue weighted by atomic mass is 35.5. The van der Waals surface area contributed by atoms with Gasteiger partial charge in [0, 0.05) is 23.4 Å². The molecule has 3 aromatic carbocycles. The maximum atomic E-state index is 12.5. The molecule has 0 atom stereocenters. The molecule has 160 valence electrons. The number of nitrogens with two attached hydrogens (primary N) is 1. The number of carbonyl (C=O) groups excluding carboxylic acids is 2. The number of rotatable bonds is 7. The second kappa shape index (κ2) is 10.9. The monoisotopic (exact) mass is 436 g/mol. The molecule has 2 amide bonds. The molecule has 3 aromatic rings. The Morgan fingerprint density at radius 1 is 0.935 bits per heavy atom. The Labute approximate surface area is 187 Å². The average Bonchev–Trinajstić information content (AvgIpc) is 2.73. The Bertz CT molecular complexity index is 1080. The zero-order valence-corrected chi connectivity index (χ0v) is 18.0. The van der Waals surface area contributed by atoms with Crippen molar-refractivity contribution in [2.75, 3.05) is 5.32 Å². The largest absolute Gasteiger partial charge is 0.384 e. The van der Waals surface area contributed by atoms with Crippen LogP contribution in [0.25, 0.3) is 0 Å². The van der Waals surface area contributed by atoms with Crippen LogP contribution in [0.15, 0.2) is 72.8 Å². The molecule has 0 aliphatic carbocycles. The number of benzene rings is 3. The van der Waals surface area contributed by atoms with Gasteiger partial charge < -0.3 is 16.4 Å². The number of nitrogens with one attached hydrogen (secondary N) is 3. The summed E-state index contributed by atoms with van der Waals surface area (Å²) in [6.07, 6.45) is 0.222. The van der Waals surface area contributed by atoms with Gasteiger partial charge in [-0.1, -0.05) is 60.2 Å². The maximum Gasteiger partial charge on any atom is 0.251 e. The summed E-state index contributed by atoms with van der Waals surface area (Å²) in [7, 11) is 0. The minimum absolute atomic E-state index is 0. The number of amidine groups is 1. The van der Waals surface area contributed by atoms with Crippen LogP contribution in [0.1, 0.15) is 32.6 Å². The molecule has 31 heavy (non-hydrogen) atoms. The van der Waals surface area contributed by atoms with Gasteiger partial charge in [-0.15, -0.1) is 12.4 Å². The number of hydrogen-bond acceptors (Lipinski definition) is 3. The van der Waals surface area contributed by atoms with E-state index >= 15 is 0 Å². The van der Waals surface area contributed by atoms with Crippen LogP contribution in [0.3, 0.4) is 0 Å². The molecule has 0 radical (unpaired) electrons. The van der Waals surface area contributed by atoms with Crippen LogP contribution in [0, 0.1) is 12.3 Å². The molecule has 0 saturated carbocycles. The van der Waals surface area contributed by atoms with E-state index in [4.69, 9.17) is 11.1 Å². The molecule has 0 saturated heterocycles. The van der Waals surface area contributed by atoms with Crippen molar-refractivity contribution in [2.24, 2.45) is 5.73 Å². The Morgan fingerprint density at radius 2 is 1.68 bits per heavy atom. The molecule has 0 aliphatic rings. The fourth-order valence-electron chi connectivity index (χ4n) is 3.05. The SMILES string of the molecule is Cc1cccc(C(=O)NCc2ccc(C(=N)N)cc2NC(=O)Cc2ccccc2)c1.Cl. The molecule has 5 N–H and O–H groups in total. The summed E-state index contributed by atoms with van der Waals surface area (Å²) in [5.74, 6) is -0.479. The van der Waals surface area contributed by atoms with Crippen molar-refractivity contribution in [1.29, 1.82) is 5.41 Å². The van der Waals surface area contributed by atoms with Crippen LogP contribution in [0.5, 0.6) is 0 Å². The van der Waals surface area contributed by atoms with E-state index in [-0.39, 0.29) is 43.0 Å². The van der Waals surface area contributed by atoms with Crippen molar-refractivity contribution < 1.29 is 9.59 Å². The number of anilines is 1. The van der Waals surface area contributed by atoms with Crippen molar-refractivity contribution in [2.45, 2.75) is 19.9 Å². The summed E-state index contributed by atoms with van der Waals surface area (Å²) < 4.78 is 0. The fraction of sp³-hybridized carbons (Fsp3) is 0.125. The molecule has 0 spiro atoms. The molecular weight excluding hydrogens is 412 g/mol. The predicted octanol–water partition coefficient (Wildman–Crippen LogP) is 3.81. The lowest BCUT2D eigenvalue weighted by atomic mass is 10.1. The standard InChI is InChI=1S/C24H24N4O2.ClH/c1-16-6-5-9-19(12-16)24(30)27-15-20-11-10-18(23(25)26)14-21(20)28-22(29)13-17-7-3-2-4-8-17;/h2-12,14H,13,15H2,1H3,(H3,25,26)(H,27,30)(H,28,29);1H. The Morgan fingerprint density at radius 3 is 2.35 bits per heavy atom. The molecular formula is C24H25ClN4O2. The van der Waals surface area contributed by atoms with Gasteiger partial charge in [0.1, 0.15) is 5.84 Å². The van der Waals surface area contributed by atoms with E-state index in [1.165, 1.54) is 0 Å². The molecule has 0 aliphatic heterocycles. The summed E-state index contributed by atoms with van der Waals surface area (Å²) in [5, 5.41) is 13.4. The lowest BCUT2D eigenvalue weighted by Crippen LogP contribution is -2.24. The molecule has 3 rings (SSSR count). The second-order valence-corrected chi connectivity index (χ2v) is 7.05. The number of halogens is 1. The molecule has 6 nitrogen and oxygen atoms in total. The summed E-state index contributed by atoms with van der Waals surface area (Å²) in [6, 6.07) is 21.9. The van der Waals surface area contributed by atoms with E-state index in [0.717, 1.165) is 16.7 Å². The first-order valence-corrected chi connectivity index (χ1v) is 9.58. The van der Waals surface area contributed by atoms with Crippen molar-refractivity contribution in [3.63, 3.8) is 0 Å². The minimum Gasteiger partial charge on any atom is -0.384 e. The number of aryl methyl sites for hydroxylation is 1. The third-order valence-electron chi connectivity index (χ3n) is 4.62. The predicted molar refractivity (Wildman–Crippen MR) is 126 cm³/mol. The molecule has 0 aromatic heterocycles. The van der Waals surface area contributed by atoms with E-state index in [9.17, 15) is 9.59 Å². The van der Waals surface area contributed by atoms with Gasteiger partial charge in [-0.2, -0.15) is 0 Å². The van der Waals surface area contributed by atoms with Crippen molar-refractivity contribution in [1.82, 2.24) is 5.32 Å². The topological polar surface area (TPSA) is 108 Å². The lowest BCUT2D eigenvalue weighted by Gasteiger charge is -2.14. The quantitative estimate of drug-likeness (QED) is 0.334. The number of amides is 2. The van der Waals surface area contributed by atoms with Crippen molar-refractivity contribution in [3.8, 4) is 0 Å². The number of carbonyl (C=O) groups is 2. The van der Waals surface area contributed by atoms with Gasteiger partial charge in [0.05, 0.1) is 6.42 Å². The zero-order valence-electron chi connectivity index (χ0n) is 17.1. The zero-order chi connectivity index (χ0) is 21.5. The number of hydrogen-bond donors (Lipinski definition) is 4. The molecule has 0 heterocycles. The molecule has 0 unspecified atom stereocenters. The number of nitrogen functional groups attached to an aromatic ring is 1.